The molecule has 2 N–H and O–H groups in total. The highest BCUT2D eigenvalue weighted by molar-refractivity contribution is 9.10. The van der Waals surface area contributed by atoms with Crippen LogP contribution in [0.1, 0.15) is 0 Å². The predicted octanol–water partition coefficient (Wildman–Crippen LogP) is 2.52. The van der Waals surface area contributed by atoms with Gasteiger partial charge in [-0.15, -0.1) is 5.10 Å². The maximum absolute atomic E-state index is 11.3. The Labute approximate surface area is 131 Å². The van der Waals surface area contributed by atoms with Gasteiger partial charge in [-0.3, -0.25) is 0 Å². The van der Waals surface area contributed by atoms with Crippen LogP contribution in [0.25, 0.3) is 16.2 Å². The van der Waals surface area contributed by atoms with Crippen molar-refractivity contribution in [2.45, 2.75) is 4.34 Å². The van der Waals surface area contributed by atoms with Crippen LogP contribution in [0.5, 0.6) is 0 Å². The smallest absolute Gasteiger partial charge is 0.223 e. The van der Waals surface area contributed by atoms with Crippen molar-refractivity contribution in [2.24, 2.45) is 5.14 Å². The molecule has 0 saturated carbocycles. The summed E-state index contributed by atoms with van der Waals surface area (Å²) in [7, 11) is -3.83. The Hall–Kier alpha value is -1.00. The molecule has 0 radical (unpaired) electrons. The number of halogens is 2. The number of imidazole rings is 1. The molecule has 0 atom stereocenters. The van der Waals surface area contributed by atoms with E-state index in [1.165, 1.54) is 4.52 Å². The van der Waals surface area contributed by atoms with Gasteiger partial charge in [0.15, 0.2) is 0 Å². The summed E-state index contributed by atoms with van der Waals surface area (Å²) in [6, 6.07) is 7.14. The highest BCUT2D eigenvalue weighted by atomic mass is 79.9. The molecule has 0 aliphatic carbocycles. The topological polar surface area (TPSA) is 90.4 Å². The summed E-state index contributed by atoms with van der Waals surface area (Å²) in [5.74, 6) is 0. The Morgan fingerprint density at radius 2 is 1.95 bits per heavy atom. The molecule has 0 bridgehead atoms. The van der Waals surface area contributed by atoms with Crippen molar-refractivity contribution in [1.29, 1.82) is 0 Å². The van der Waals surface area contributed by atoms with E-state index in [0.29, 0.717) is 20.3 Å². The molecule has 6 nitrogen and oxygen atoms in total. The van der Waals surface area contributed by atoms with Gasteiger partial charge in [0, 0.05) is 10.6 Å². The number of primary sulfonamides is 1. The van der Waals surface area contributed by atoms with Gasteiger partial charge in [0.2, 0.25) is 9.30 Å². The number of sulfonamides is 1. The first-order chi connectivity index (χ1) is 9.36. The van der Waals surface area contributed by atoms with Crippen LogP contribution in [-0.2, 0) is 10.0 Å². The van der Waals surface area contributed by atoms with Gasteiger partial charge < -0.3 is 0 Å². The summed E-state index contributed by atoms with van der Waals surface area (Å²) in [4.78, 5) is 4.79. The minimum absolute atomic E-state index is 0.177. The van der Waals surface area contributed by atoms with Crippen molar-refractivity contribution in [3.63, 3.8) is 0 Å². The monoisotopic (exact) mass is 392 g/mol. The quantitative estimate of drug-likeness (QED) is 0.724. The number of rotatable bonds is 2. The van der Waals surface area contributed by atoms with E-state index in [1.54, 1.807) is 12.1 Å². The molecule has 0 unspecified atom stereocenters. The lowest BCUT2D eigenvalue weighted by atomic mass is 10.2. The molecule has 0 spiro atoms. The highest BCUT2D eigenvalue weighted by Crippen LogP contribution is 2.32. The Morgan fingerprint density at radius 3 is 2.50 bits per heavy atom. The van der Waals surface area contributed by atoms with E-state index in [0.717, 1.165) is 16.9 Å². The minimum Gasteiger partial charge on any atom is -0.223 e. The second-order valence-electron chi connectivity index (χ2n) is 3.87. The summed E-state index contributed by atoms with van der Waals surface area (Å²) in [5.41, 5.74) is 1.50. The lowest BCUT2D eigenvalue weighted by Crippen LogP contribution is -2.12. The predicted molar refractivity (Wildman–Crippen MR) is 80.4 cm³/mol. The summed E-state index contributed by atoms with van der Waals surface area (Å²) in [6.45, 7) is 0. The fourth-order valence-electron chi connectivity index (χ4n) is 1.61. The van der Waals surface area contributed by atoms with Gasteiger partial charge in [-0.2, -0.15) is 4.52 Å². The van der Waals surface area contributed by atoms with E-state index in [-0.39, 0.29) is 4.34 Å². The summed E-state index contributed by atoms with van der Waals surface area (Å²) in [6.07, 6.45) is 0. The van der Waals surface area contributed by atoms with Crippen LogP contribution >= 0.6 is 38.9 Å². The molecule has 10 heteroatoms. The normalized spacial score (nSPS) is 12.2. The maximum atomic E-state index is 11.3. The first kappa shape index (κ1) is 14.0. The second-order valence-corrected chi connectivity index (χ2v) is 7.74. The highest BCUT2D eigenvalue weighted by Gasteiger charge is 2.20. The van der Waals surface area contributed by atoms with E-state index in [9.17, 15) is 8.42 Å². The van der Waals surface area contributed by atoms with Gasteiger partial charge in [-0.05, 0) is 28.1 Å². The first-order valence-corrected chi connectivity index (χ1v) is 8.73. The van der Waals surface area contributed by atoms with Crippen LogP contribution in [0, 0.1) is 0 Å². The Morgan fingerprint density at radius 1 is 1.30 bits per heavy atom. The zero-order chi connectivity index (χ0) is 14.5. The molecule has 0 saturated heterocycles. The van der Waals surface area contributed by atoms with Crippen molar-refractivity contribution in [3.8, 4) is 11.3 Å². The summed E-state index contributed by atoms with van der Waals surface area (Å²) < 4.78 is 24.3. The van der Waals surface area contributed by atoms with Crippen LogP contribution in [0.2, 0.25) is 5.02 Å². The van der Waals surface area contributed by atoms with Crippen molar-refractivity contribution in [1.82, 2.24) is 14.6 Å². The average molecular weight is 394 g/mol. The number of aromatic nitrogens is 3. The van der Waals surface area contributed by atoms with Crippen molar-refractivity contribution < 1.29 is 8.42 Å². The fraction of sp³-hybridized carbons (Fsp3) is 0. The van der Waals surface area contributed by atoms with Gasteiger partial charge in [-0.1, -0.05) is 35.1 Å². The van der Waals surface area contributed by atoms with E-state index in [2.05, 4.69) is 26.0 Å². The molecule has 0 aliphatic heterocycles. The molecule has 2 heterocycles. The maximum Gasteiger partial charge on any atom is 0.267 e. The van der Waals surface area contributed by atoms with E-state index in [4.69, 9.17) is 16.7 Å². The van der Waals surface area contributed by atoms with Crippen LogP contribution in [0.3, 0.4) is 0 Å². The zero-order valence-electron chi connectivity index (χ0n) is 9.62. The second kappa shape index (κ2) is 4.78. The van der Waals surface area contributed by atoms with Gasteiger partial charge in [-0.25, -0.2) is 18.5 Å². The Bertz CT molecular complexity index is 901. The minimum atomic E-state index is -3.83. The molecule has 2 aromatic heterocycles. The molecule has 0 amide bonds. The SMILES string of the molecule is NS(=O)(=O)c1nn2c(Br)c(-c3ccc(Cl)cc3)nc2s1. The van der Waals surface area contributed by atoms with Crippen LogP contribution in [0.15, 0.2) is 33.2 Å². The van der Waals surface area contributed by atoms with Crippen LogP contribution in [-0.4, -0.2) is 23.0 Å². The molecule has 3 rings (SSSR count). The lowest BCUT2D eigenvalue weighted by molar-refractivity contribution is 0.595. The molecule has 0 fully saturated rings. The van der Waals surface area contributed by atoms with Gasteiger partial charge in [0.1, 0.15) is 10.3 Å². The summed E-state index contributed by atoms with van der Waals surface area (Å²) >= 11 is 10.1. The largest absolute Gasteiger partial charge is 0.267 e. The number of nitrogens with two attached hydrogens (primary N) is 1. The van der Waals surface area contributed by atoms with E-state index >= 15 is 0 Å². The Balaban J connectivity index is 2.18. The number of fused-ring (bicyclic) bond motifs is 1. The number of benzene rings is 1. The van der Waals surface area contributed by atoms with Crippen molar-refractivity contribution in [2.75, 3.05) is 0 Å². The van der Waals surface area contributed by atoms with Gasteiger partial charge >= 0.3 is 0 Å². The molecule has 104 valence electrons. The zero-order valence-corrected chi connectivity index (χ0v) is 13.6. The number of hydrogen-bond donors (Lipinski definition) is 1. The molecular formula is C10H6BrClN4O2S2. The molecule has 1 aromatic carbocycles. The summed E-state index contributed by atoms with van der Waals surface area (Å²) in [5, 5.41) is 9.60. The fourth-order valence-corrected chi connectivity index (χ4v) is 3.94. The van der Waals surface area contributed by atoms with Gasteiger partial charge in [0.05, 0.1) is 0 Å². The molecule has 3 aromatic rings. The lowest BCUT2D eigenvalue weighted by Gasteiger charge is -1.98. The van der Waals surface area contributed by atoms with Crippen molar-refractivity contribution in [3.05, 3.63) is 33.9 Å². The number of nitrogens with zero attached hydrogens (tertiary/aromatic N) is 3. The molecule has 0 aliphatic rings. The number of hydrogen-bond acceptors (Lipinski definition) is 5. The van der Waals surface area contributed by atoms with E-state index in [1.807, 2.05) is 12.1 Å². The standard InChI is InChI=1S/C10H6BrClN4O2S2/c11-8-7(5-1-3-6(12)4-2-5)14-9-16(8)15-10(19-9)20(13,17)18/h1-4H,(H2,13,17,18). The third kappa shape index (κ3) is 2.35. The van der Waals surface area contributed by atoms with Gasteiger partial charge in [0.25, 0.3) is 10.0 Å². The molecular weight excluding hydrogens is 388 g/mol. The van der Waals surface area contributed by atoms with Crippen molar-refractivity contribution >= 4 is 53.9 Å². The molecule has 20 heavy (non-hydrogen) atoms. The first-order valence-electron chi connectivity index (χ1n) is 5.20. The third-order valence-electron chi connectivity index (χ3n) is 2.49. The van der Waals surface area contributed by atoms with Crippen LogP contribution in [0.4, 0.5) is 0 Å². The third-order valence-corrected chi connectivity index (χ3v) is 5.67. The van der Waals surface area contributed by atoms with Crippen LogP contribution < -0.4 is 5.14 Å². The Kier molecular flexibility index (Phi) is 3.33. The van der Waals surface area contributed by atoms with E-state index < -0.39 is 10.0 Å². The average Bonchev–Trinajstić information content (AvgIpc) is 2.91.